The van der Waals surface area contributed by atoms with Crippen LogP contribution in [0.5, 0.6) is 0 Å². The highest BCUT2D eigenvalue weighted by Crippen LogP contribution is 2.17. The number of nitrogen functional groups attached to an aromatic ring is 1. The first-order chi connectivity index (χ1) is 8.63. The number of benzene rings is 1. The highest BCUT2D eigenvalue weighted by molar-refractivity contribution is 6.30. The second kappa shape index (κ2) is 6.41. The molecule has 1 saturated heterocycles. The fourth-order valence-corrected chi connectivity index (χ4v) is 2.74. The first-order valence-corrected chi connectivity index (χ1v) is 6.97. The molecule has 0 radical (unpaired) electrons. The van der Waals surface area contributed by atoms with Gasteiger partial charge >= 0.3 is 0 Å². The van der Waals surface area contributed by atoms with Gasteiger partial charge in [-0.15, -0.1) is 0 Å². The topological polar surface area (TPSA) is 32.5 Å². The van der Waals surface area contributed by atoms with Crippen LogP contribution in [0.1, 0.15) is 18.4 Å². The third kappa shape index (κ3) is 4.16. The van der Waals surface area contributed by atoms with E-state index < -0.39 is 0 Å². The average molecular weight is 268 g/mol. The zero-order chi connectivity index (χ0) is 13.0. The molecule has 0 saturated carbocycles. The van der Waals surface area contributed by atoms with Gasteiger partial charge < -0.3 is 15.5 Å². The van der Waals surface area contributed by atoms with Gasteiger partial charge in [-0.3, -0.25) is 0 Å². The van der Waals surface area contributed by atoms with Crippen LogP contribution in [-0.4, -0.2) is 43.0 Å². The van der Waals surface area contributed by atoms with Crippen molar-refractivity contribution >= 4 is 17.3 Å². The molecule has 1 heterocycles. The maximum atomic E-state index is 6.01. The molecule has 0 aromatic heterocycles. The first-order valence-electron chi connectivity index (χ1n) is 6.59. The van der Waals surface area contributed by atoms with Gasteiger partial charge in [-0.25, -0.2) is 0 Å². The molecular formula is C14H22ClN3. The molecule has 0 bridgehead atoms. The predicted octanol–water partition coefficient (Wildman–Crippen LogP) is 2.45. The Labute approximate surface area is 115 Å². The maximum Gasteiger partial charge on any atom is 0.0429 e. The number of halogens is 1. The number of nitrogens with two attached hydrogens (primary N) is 1. The monoisotopic (exact) mass is 267 g/mol. The lowest BCUT2D eigenvalue weighted by Crippen LogP contribution is -2.31. The SMILES string of the molecule is CN(CCN1CCCC1)Cc1cc(N)cc(Cl)c1. The molecule has 100 valence electrons. The summed E-state index contributed by atoms with van der Waals surface area (Å²) < 4.78 is 0. The van der Waals surface area contributed by atoms with Crippen LogP contribution >= 0.6 is 11.6 Å². The van der Waals surface area contributed by atoms with Crippen molar-refractivity contribution in [3.05, 3.63) is 28.8 Å². The third-order valence-corrected chi connectivity index (χ3v) is 3.65. The van der Waals surface area contributed by atoms with Gasteiger partial charge in [-0.2, -0.15) is 0 Å². The second-order valence-electron chi connectivity index (χ2n) is 5.18. The summed E-state index contributed by atoms with van der Waals surface area (Å²) >= 11 is 6.01. The molecule has 0 amide bonds. The van der Waals surface area contributed by atoms with Crippen molar-refractivity contribution in [2.24, 2.45) is 0 Å². The molecule has 1 aromatic carbocycles. The Morgan fingerprint density at radius 3 is 2.67 bits per heavy atom. The van der Waals surface area contributed by atoms with Gasteiger partial charge in [0.2, 0.25) is 0 Å². The fraction of sp³-hybridized carbons (Fsp3) is 0.571. The van der Waals surface area contributed by atoms with Crippen LogP contribution in [-0.2, 0) is 6.54 Å². The Morgan fingerprint density at radius 1 is 1.28 bits per heavy atom. The number of hydrogen-bond acceptors (Lipinski definition) is 3. The molecule has 0 atom stereocenters. The molecule has 0 aliphatic carbocycles. The van der Waals surface area contributed by atoms with Gasteiger partial charge in [0.05, 0.1) is 0 Å². The minimum atomic E-state index is 0.720. The molecule has 1 aromatic rings. The lowest BCUT2D eigenvalue weighted by atomic mass is 10.2. The van der Waals surface area contributed by atoms with Gasteiger partial charge in [0.15, 0.2) is 0 Å². The summed E-state index contributed by atoms with van der Waals surface area (Å²) in [5, 5.41) is 0.720. The van der Waals surface area contributed by atoms with E-state index in [0.717, 1.165) is 30.3 Å². The second-order valence-corrected chi connectivity index (χ2v) is 5.62. The Bertz CT molecular complexity index is 368. The van der Waals surface area contributed by atoms with Crippen molar-refractivity contribution in [2.75, 3.05) is 39.0 Å². The van der Waals surface area contributed by atoms with Crippen molar-refractivity contribution in [1.82, 2.24) is 9.80 Å². The summed E-state index contributed by atoms with van der Waals surface area (Å²) in [7, 11) is 2.15. The summed E-state index contributed by atoms with van der Waals surface area (Å²) in [6.45, 7) is 5.67. The average Bonchev–Trinajstić information content (AvgIpc) is 2.77. The molecule has 18 heavy (non-hydrogen) atoms. The molecule has 4 heteroatoms. The molecular weight excluding hydrogens is 246 g/mol. The zero-order valence-electron chi connectivity index (χ0n) is 11.0. The molecule has 0 spiro atoms. The fourth-order valence-electron chi connectivity index (χ4n) is 2.48. The number of anilines is 1. The summed E-state index contributed by atoms with van der Waals surface area (Å²) in [6.07, 6.45) is 2.71. The lowest BCUT2D eigenvalue weighted by Gasteiger charge is -2.21. The van der Waals surface area contributed by atoms with Gasteiger partial charge in [-0.05, 0) is 56.7 Å². The summed E-state index contributed by atoms with van der Waals surface area (Å²) in [5.74, 6) is 0. The Balaban J connectivity index is 1.80. The summed E-state index contributed by atoms with van der Waals surface area (Å²) in [4.78, 5) is 4.85. The van der Waals surface area contributed by atoms with Crippen LogP contribution in [0.4, 0.5) is 5.69 Å². The normalized spacial score (nSPS) is 16.6. The first kappa shape index (κ1) is 13.7. The van der Waals surface area contributed by atoms with Crippen molar-refractivity contribution in [2.45, 2.75) is 19.4 Å². The number of nitrogens with zero attached hydrogens (tertiary/aromatic N) is 2. The maximum absolute atomic E-state index is 6.01. The largest absolute Gasteiger partial charge is 0.399 e. The molecule has 1 aliphatic heterocycles. The van der Waals surface area contributed by atoms with E-state index in [1.807, 2.05) is 12.1 Å². The van der Waals surface area contributed by atoms with Crippen LogP contribution in [0, 0.1) is 0 Å². The predicted molar refractivity (Wildman–Crippen MR) is 77.9 cm³/mol. The van der Waals surface area contributed by atoms with Crippen LogP contribution < -0.4 is 5.73 Å². The van der Waals surface area contributed by atoms with E-state index >= 15 is 0 Å². The smallest absolute Gasteiger partial charge is 0.0429 e. The Hall–Kier alpha value is -0.770. The quantitative estimate of drug-likeness (QED) is 0.832. The van der Waals surface area contributed by atoms with Crippen molar-refractivity contribution in [1.29, 1.82) is 0 Å². The number of likely N-dealkylation sites (tertiary alicyclic amines) is 1. The van der Waals surface area contributed by atoms with E-state index in [2.05, 4.69) is 16.8 Å². The summed E-state index contributed by atoms with van der Waals surface area (Å²) in [6, 6.07) is 5.78. The Morgan fingerprint density at radius 2 is 2.00 bits per heavy atom. The van der Waals surface area contributed by atoms with E-state index in [0.29, 0.717) is 0 Å². The van der Waals surface area contributed by atoms with Crippen LogP contribution in [0.15, 0.2) is 18.2 Å². The lowest BCUT2D eigenvalue weighted by molar-refractivity contribution is 0.252. The number of hydrogen-bond donors (Lipinski definition) is 1. The van der Waals surface area contributed by atoms with Gasteiger partial charge in [0, 0.05) is 30.3 Å². The zero-order valence-corrected chi connectivity index (χ0v) is 11.8. The standard InChI is InChI=1S/C14H22ClN3/c1-17(6-7-18-4-2-3-5-18)11-12-8-13(15)10-14(16)9-12/h8-10H,2-7,11,16H2,1H3. The van der Waals surface area contributed by atoms with Crippen LogP contribution in [0.2, 0.25) is 5.02 Å². The van der Waals surface area contributed by atoms with Crippen LogP contribution in [0.3, 0.4) is 0 Å². The summed E-state index contributed by atoms with van der Waals surface area (Å²) in [5.41, 5.74) is 7.72. The highest BCUT2D eigenvalue weighted by Gasteiger charge is 2.11. The molecule has 1 fully saturated rings. The van der Waals surface area contributed by atoms with E-state index in [-0.39, 0.29) is 0 Å². The number of likely N-dealkylation sites (N-methyl/N-ethyl adjacent to an activating group) is 1. The van der Waals surface area contributed by atoms with E-state index in [1.165, 1.54) is 31.5 Å². The van der Waals surface area contributed by atoms with Gasteiger partial charge in [0.1, 0.15) is 0 Å². The Kier molecular flexibility index (Phi) is 4.87. The van der Waals surface area contributed by atoms with Crippen molar-refractivity contribution in [3.63, 3.8) is 0 Å². The molecule has 1 aliphatic rings. The van der Waals surface area contributed by atoms with Crippen molar-refractivity contribution in [3.8, 4) is 0 Å². The molecule has 0 unspecified atom stereocenters. The van der Waals surface area contributed by atoms with Gasteiger partial charge in [0.25, 0.3) is 0 Å². The minimum absolute atomic E-state index is 0.720. The molecule has 2 N–H and O–H groups in total. The molecule has 3 nitrogen and oxygen atoms in total. The van der Waals surface area contributed by atoms with Crippen LogP contribution in [0.25, 0.3) is 0 Å². The van der Waals surface area contributed by atoms with E-state index in [1.54, 1.807) is 6.07 Å². The van der Waals surface area contributed by atoms with E-state index in [4.69, 9.17) is 17.3 Å². The molecule has 2 rings (SSSR count). The highest BCUT2D eigenvalue weighted by atomic mass is 35.5. The minimum Gasteiger partial charge on any atom is -0.399 e. The third-order valence-electron chi connectivity index (χ3n) is 3.43. The van der Waals surface area contributed by atoms with Crippen molar-refractivity contribution < 1.29 is 0 Å². The van der Waals surface area contributed by atoms with E-state index in [9.17, 15) is 0 Å². The van der Waals surface area contributed by atoms with Gasteiger partial charge in [-0.1, -0.05) is 11.6 Å². The number of rotatable bonds is 5.